The van der Waals surface area contributed by atoms with Gasteiger partial charge in [0.25, 0.3) is 0 Å². The smallest absolute Gasteiger partial charge is 0.337 e. The average Bonchev–Trinajstić information content (AvgIpc) is 3.11. The Morgan fingerprint density at radius 1 is 0.962 bits per heavy atom. The van der Waals surface area contributed by atoms with Crippen molar-refractivity contribution < 1.29 is 13.9 Å². The highest BCUT2D eigenvalue weighted by molar-refractivity contribution is 5.93. The molecule has 0 unspecified atom stereocenters. The van der Waals surface area contributed by atoms with Gasteiger partial charge in [0.1, 0.15) is 5.52 Å². The summed E-state index contributed by atoms with van der Waals surface area (Å²) < 4.78 is 10.7. The second-order valence-electron chi connectivity index (χ2n) is 6.04. The first-order valence-corrected chi connectivity index (χ1v) is 8.31. The first-order valence-electron chi connectivity index (χ1n) is 8.31. The molecule has 1 heterocycles. The molecule has 0 atom stereocenters. The van der Waals surface area contributed by atoms with E-state index in [1.807, 2.05) is 30.3 Å². The van der Waals surface area contributed by atoms with Gasteiger partial charge in [0.2, 0.25) is 5.89 Å². The molecule has 0 aliphatic heterocycles. The van der Waals surface area contributed by atoms with Gasteiger partial charge in [-0.25, -0.2) is 9.78 Å². The van der Waals surface area contributed by atoms with E-state index in [1.165, 1.54) is 7.11 Å². The van der Waals surface area contributed by atoms with Gasteiger partial charge >= 0.3 is 5.97 Å². The van der Waals surface area contributed by atoms with Crippen LogP contribution in [0.15, 0.2) is 71.1 Å². The molecule has 26 heavy (non-hydrogen) atoms. The number of benzene rings is 3. The molecule has 4 rings (SSSR count). The van der Waals surface area contributed by atoms with Crippen molar-refractivity contribution in [2.45, 2.75) is 6.92 Å². The maximum Gasteiger partial charge on any atom is 0.337 e. The summed E-state index contributed by atoms with van der Waals surface area (Å²) in [7, 11) is 1.36. The monoisotopic (exact) mass is 343 g/mol. The van der Waals surface area contributed by atoms with Crippen LogP contribution in [0.1, 0.15) is 15.9 Å². The van der Waals surface area contributed by atoms with Gasteiger partial charge in [-0.2, -0.15) is 0 Å². The SMILES string of the molecule is COC(=O)c1ccc2oc(-c3cccc(-c4ccccc4)c3C)nc2c1. The minimum Gasteiger partial charge on any atom is -0.465 e. The lowest BCUT2D eigenvalue weighted by Crippen LogP contribution is -2.00. The average molecular weight is 343 g/mol. The van der Waals surface area contributed by atoms with E-state index in [4.69, 9.17) is 9.15 Å². The summed E-state index contributed by atoms with van der Waals surface area (Å²) in [5, 5.41) is 0. The van der Waals surface area contributed by atoms with Crippen molar-refractivity contribution in [2.24, 2.45) is 0 Å². The number of hydrogen-bond acceptors (Lipinski definition) is 4. The quantitative estimate of drug-likeness (QED) is 0.476. The van der Waals surface area contributed by atoms with Crippen molar-refractivity contribution in [3.63, 3.8) is 0 Å². The van der Waals surface area contributed by atoms with Crippen molar-refractivity contribution >= 4 is 17.1 Å². The number of carbonyl (C=O) groups excluding carboxylic acids is 1. The lowest BCUT2D eigenvalue weighted by atomic mass is 9.96. The molecule has 0 bridgehead atoms. The molecule has 4 nitrogen and oxygen atoms in total. The van der Waals surface area contributed by atoms with Crippen LogP contribution in [0.2, 0.25) is 0 Å². The van der Waals surface area contributed by atoms with Gasteiger partial charge in [-0.3, -0.25) is 0 Å². The molecule has 0 saturated carbocycles. The molecular weight excluding hydrogens is 326 g/mol. The van der Waals surface area contributed by atoms with E-state index >= 15 is 0 Å². The standard InChI is InChI=1S/C22H17NO3/c1-14-17(15-7-4-3-5-8-15)9-6-10-18(14)21-23-19-13-16(22(24)25-2)11-12-20(19)26-21/h3-13H,1-2H3. The highest BCUT2D eigenvalue weighted by Gasteiger charge is 2.15. The Hall–Kier alpha value is -3.40. The van der Waals surface area contributed by atoms with Gasteiger partial charge in [0.15, 0.2) is 5.58 Å². The van der Waals surface area contributed by atoms with E-state index in [1.54, 1.807) is 18.2 Å². The van der Waals surface area contributed by atoms with Gasteiger partial charge < -0.3 is 9.15 Å². The second kappa shape index (κ2) is 6.48. The van der Waals surface area contributed by atoms with Gasteiger partial charge in [-0.1, -0.05) is 42.5 Å². The molecular formula is C22H17NO3. The number of hydrogen-bond donors (Lipinski definition) is 0. The minimum absolute atomic E-state index is 0.390. The Bertz CT molecular complexity index is 1100. The zero-order valence-corrected chi connectivity index (χ0v) is 14.5. The third-order valence-corrected chi connectivity index (χ3v) is 4.46. The van der Waals surface area contributed by atoms with Crippen molar-refractivity contribution in [1.82, 2.24) is 4.98 Å². The number of fused-ring (bicyclic) bond motifs is 1. The molecule has 128 valence electrons. The first kappa shape index (κ1) is 16.1. The Morgan fingerprint density at radius 2 is 1.73 bits per heavy atom. The van der Waals surface area contributed by atoms with Crippen LogP contribution in [0.5, 0.6) is 0 Å². The third kappa shape index (κ3) is 2.75. The van der Waals surface area contributed by atoms with Crippen LogP contribution in [0.4, 0.5) is 0 Å². The van der Waals surface area contributed by atoms with Crippen LogP contribution in [-0.4, -0.2) is 18.1 Å². The summed E-state index contributed by atoms with van der Waals surface area (Å²) in [5.41, 5.74) is 6.04. The summed E-state index contributed by atoms with van der Waals surface area (Å²) in [5.74, 6) is 0.149. The number of aromatic nitrogens is 1. The molecule has 0 spiro atoms. The number of rotatable bonds is 3. The van der Waals surface area contributed by atoms with Gasteiger partial charge in [-0.05, 0) is 47.9 Å². The fourth-order valence-electron chi connectivity index (χ4n) is 3.09. The number of nitrogens with zero attached hydrogens (tertiary/aromatic N) is 1. The van der Waals surface area contributed by atoms with Crippen LogP contribution in [0, 0.1) is 6.92 Å². The molecule has 0 N–H and O–H groups in total. The number of methoxy groups -OCH3 is 1. The topological polar surface area (TPSA) is 52.3 Å². The van der Waals surface area contributed by atoms with Crippen molar-refractivity contribution in [1.29, 1.82) is 0 Å². The molecule has 0 saturated heterocycles. The molecule has 0 aliphatic carbocycles. The summed E-state index contributed by atoms with van der Waals surface area (Å²) in [6, 6.07) is 21.4. The van der Waals surface area contributed by atoms with Crippen LogP contribution in [-0.2, 0) is 4.74 Å². The Kier molecular flexibility index (Phi) is 4.01. The van der Waals surface area contributed by atoms with E-state index in [9.17, 15) is 4.79 Å². The lowest BCUT2D eigenvalue weighted by Gasteiger charge is -2.09. The lowest BCUT2D eigenvalue weighted by molar-refractivity contribution is 0.0601. The van der Waals surface area contributed by atoms with Gasteiger partial charge in [0.05, 0.1) is 12.7 Å². The summed E-state index contributed by atoms with van der Waals surface area (Å²) in [6.07, 6.45) is 0. The largest absolute Gasteiger partial charge is 0.465 e. The maximum absolute atomic E-state index is 11.7. The van der Waals surface area contributed by atoms with Crippen LogP contribution in [0.25, 0.3) is 33.7 Å². The molecule has 0 fully saturated rings. The molecule has 4 aromatic rings. The molecule has 4 heteroatoms. The van der Waals surface area contributed by atoms with Crippen LogP contribution in [0.3, 0.4) is 0 Å². The van der Waals surface area contributed by atoms with E-state index in [2.05, 4.69) is 30.1 Å². The van der Waals surface area contributed by atoms with Crippen LogP contribution >= 0.6 is 0 Å². The van der Waals surface area contributed by atoms with Crippen LogP contribution < -0.4 is 0 Å². The fraction of sp³-hybridized carbons (Fsp3) is 0.0909. The van der Waals surface area contributed by atoms with Gasteiger partial charge in [0, 0.05) is 5.56 Å². The number of ether oxygens (including phenoxy) is 1. The zero-order chi connectivity index (χ0) is 18.1. The molecule has 0 amide bonds. The predicted octanol–water partition coefficient (Wildman–Crippen LogP) is 5.26. The minimum atomic E-state index is -0.390. The van der Waals surface area contributed by atoms with Gasteiger partial charge in [-0.15, -0.1) is 0 Å². The summed E-state index contributed by atoms with van der Waals surface area (Å²) >= 11 is 0. The normalized spacial score (nSPS) is 10.8. The maximum atomic E-state index is 11.7. The van der Waals surface area contributed by atoms with Crippen molar-refractivity contribution in [2.75, 3.05) is 7.11 Å². The highest BCUT2D eigenvalue weighted by Crippen LogP contribution is 2.33. The molecule has 0 radical (unpaired) electrons. The van der Waals surface area contributed by atoms with E-state index < -0.39 is 5.97 Å². The van der Waals surface area contributed by atoms with E-state index in [0.717, 1.165) is 22.3 Å². The number of esters is 1. The zero-order valence-electron chi connectivity index (χ0n) is 14.5. The number of carbonyl (C=O) groups is 1. The summed E-state index contributed by atoms with van der Waals surface area (Å²) in [4.78, 5) is 16.3. The first-order chi connectivity index (χ1) is 12.7. The van der Waals surface area contributed by atoms with Crippen molar-refractivity contribution in [3.8, 4) is 22.6 Å². The Morgan fingerprint density at radius 3 is 2.50 bits per heavy atom. The Balaban J connectivity index is 1.82. The van der Waals surface area contributed by atoms with E-state index in [-0.39, 0.29) is 0 Å². The number of oxazole rings is 1. The molecule has 3 aromatic carbocycles. The molecule has 0 aliphatic rings. The third-order valence-electron chi connectivity index (χ3n) is 4.46. The molecule has 1 aromatic heterocycles. The Labute approximate surface area is 151 Å². The predicted molar refractivity (Wildman–Crippen MR) is 101 cm³/mol. The fourth-order valence-corrected chi connectivity index (χ4v) is 3.09. The summed E-state index contributed by atoms with van der Waals surface area (Å²) in [6.45, 7) is 2.06. The second-order valence-corrected chi connectivity index (χ2v) is 6.04. The van der Waals surface area contributed by atoms with E-state index in [0.29, 0.717) is 22.6 Å². The highest BCUT2D eigenvalue weighted by atomic mass is 16.5. The van der Waals surface area contributed by atoms with Crippen molar-refractivity contribution in [3.05, 3.63) is 77.9 Å².